The molecule has 0 saturated heterocycles. The molecular weight excluding hydrogens is 390 g/mol. The predicted octanol–water partition coefficient (Wildman–Crippen LogP) is 0.202. The lowest BCUT2D eigenvalue weighted by molar-refractivity contribution is -0.881. The van der Waals surface area contributed by atoms with Crippen molar-refractivity contribution in [3.8, 4) is 11.5 Å². The van der Waals surface area contributed by atoms with Gasteiger partial charge in [0.25, 0.3) is 11.8 Å². The lowest BCUT2D eigenvalue weighted by atomic mass is 10.1. The summed E-state index contributed by atoms with van der Waals surface area (Å²) in [7, 11) is 0. The first-order valence-corrected chi connectivity index (χ1v) is 10.4. The summed E-state index contributed by atoms with van der Waals surface area (Å²) in [5.74, 6) is 0.879. The Bertz CT molecular complexity index is 767. The van der Waals surface area contributed by atoms with Crippen LogP contribution >= 0.6 is 0 Å². The van der Waals surface area contributed by atoms with Gasteiger partial charge in [-0.3, -0.25) is 14.9 Å². The van der Waals surface area contributed by atoms with Gasteiger partial charge in [0.1, 0.15) is 17.6 Å². The standard InChI is InChI=1S/C21H31N3O6/c1-5-24(13-20(26)23-21(27)29-7-3)12-19(25)22-11-16-10-18-15(8-14(4)30-18)9-17(16)28-6-2/h9-10,14H,5-8,11-13H2,1-4H3,(H,22,25)(H,23,26,27)/p+1/t14-/m0/s1. The summed E-state index contributed by atoms with van der Waals surface area (Å²) in [5.41, 5.74) is 1.95. The van der Waals surface area contributed by atoms with E-state index in [0.29, 0.717) is 19.7 Å². The summed E-state index contributed by atoms with van der Waals surface area (Å²) in [6.45, 7) is 9.12. The summed E-state index contributed by atoms with van der Waals surface area (Å²) in [6, 6.07) is 3.90. The first-order chi connectivity index (χ1) is 14.4. The summed E-state index contributed by atoms with van der Waals surface area (Å²) >= 11 is 0. The lowest BCUT2D eigenvalue weighted by Crippen LogP contribution is -3.14. The maximum absolute atomic E-state index is 12.4. The number of carbonyl (C=O) groups is 3. The van der Waals surface area contributed by atoms with Gasteiger partial charge in [-0.1, -0.05) is 0 Å². The van der Waals surface area contributed by atoms with Gasteiger partial charge in [0, 0.05) is 24.1 Å². The fraction of sp³-hybridized carbons (Fsp3) is 0.571. The van der Waals surface area contributed by atoms with Crippen LogP contribution in [0, 0.1) is 0 Å². The van der Waals surface area contributed by atoms with Crippen molar-refractivity contribution in [2.24, 2.45) is 0 Å². The van der Waals surface area contributed by atoms with Crippen LogP contribution in [0.1, 0.15) is 38.8 Å². The first-order valence-electron chi connectivity index (χ1n) is 10.4. The molecule has 30 heavy (non-hydrogen) atoms. The monoisotopic (exact) mass is 422 g/mol. The number of hydrogen-bond donors (Lipinski definition) is 3. The van der Waals surface area contributed by atoms with Crippen molar-refractivity contribution in [2.45, 2.75) is 46.8 Å². The summed E-state index contributed by atoms with van der Waals surface area (Å²) in [5, 5.41) is 5.02. The van der Waals surface area contributed by atoms with Crippen molar-refractivity contribution in [1.29, 1.82) is 0 Å². The molecule has 9 nitrogen and oxygen atoms in total. The Morgan fingerprint density at radius 3 is 2.53 bits per heavy atom. The fourth-order valence-electron chi connectivity index (χ4n) is 3.26. The average Bonchev–Trinajstić information content (AvgIpc) is 3.04. The molecule has 0 aromatic heterocycles. The molecule has 3 N–H and O–H groups in total. The number of alkyl carbamates (subject to hydrolysis) is 1. The van der Waals surface area contributed by atoms with Gasteiger partial charge in [-0.15, -0.1) is 0 Å². The number of rotatable bonds is 10. The minimum Gasteiger partial charge on any atom is -0.494 e. The Morgan fingerprint density at radius 1 is 1.13 bits per heavy atom. The number of amides is 3. The molecule has 1 aliphatic heterocycles. The number of imide groups is 1. The zero-order chi connectivity index (χ0) is 22.1. The number of quaternary nitrogens is 1. The van der Waals surface area contributed by atoms with Crippen LogP contribution in [0.4, 0.5) is 4.79 Å². The first kappa shape index (κ1) is 23.5. The van der Waals surface area contributed by atoms with Crippen LogP contribution in [0.3, 0.4) is 0 Å². The Labute approximate surface area is 177 Å². The number of nitrogens with one attached hydrogen (secondary N) is 3. The Morgan fingerprint density at radius 2 is 1.87 bits per heavy atom. The number of carbonyl (C=O) groups excluding carboxylic acids is 3. The van der Waals surface area contributed by atoms with E-state index in [1.165, 1.54) is 0 Å². The van der Waals surface area contributed by atoms with E-state index in [1.807, 2.05) is 32.9 Å². The number of fused-ring (bicyclic) bond motifs is 1. The molecule has 0 radical (unpaired) electrons. The number of benzene rings is 1. The van der Waals surface area contributed by atoms with Crippen molar-refractivity contribution in [3.63, 3.8) is 0 Å². The normalized spacial score (nSPS) is 15.5. The zero-order valence-electron chi connectivity index (χ0n) is 18.1. The van der Waals surface area contributed by atoms with Gasteiger partial charge in [0.05, 0.1) is 19.8 Å². The topological polar surface area (TPSA) is 107 Å². The molecule has 3 amide bonds. The summed E-state index contributed by atoms with van der Waals surface area (Å²) < 4.78 is 16.2. The highest BCUT2D eigenvalue weighted by Gasteiger charge is 2.23. The van der Waals surface area contributed by atoms with Gasteiger partial charge in [0.15, 0.2) is 13.1 Å². The van der Waals surface area contributed by atoms with Crippen molar-refractivity contribution in [3.05, 3.63) is 23.3 Å². The third-order valence-electron chi connectivity index (χ3n) is 4.69. The maximum Gasteiger partial charge on any atom is 0.414 e. The third-order valence-corrected chi connectivity index (χ3v) is 4.69. The van der Waals surface area contributed by atoms with Crippen LogP contribution in [-0.4, -0.2) is 56.9 Å². The minimum atomic E-state index is -0.779. The van der Waals surface area contributed by atoms with E-state index in [0.717, 1.165) is 33.9 Å². The molecule has 1 aromatic carbocycles. The van der Waals surface area contributed by atoms with Gasteiger partial charge >= 0.3 is 6.09 Å². The second kappa shape index (κ2) is 11.4. The SMILES string of the molecule is CCOC(=O)NC(=O)C[NH+](CC)CC(=O)NCc1cc2c(cc1OCC)C[C@H](C)O2. The average molecular weight is 423 g/mol. The minimum absolute atomic E-state index is 0.00248. The molecular formula is C21H32N3O6+. The second-order valence-electron chi connectivity index (χ2n) is 7.14. The second-order valence-corrected chi connectivity index (χ2v) is 7.14. The Kier molecular flexibility index (Phi) is 8.91. The molecule has 0 fully saturated rings. The largest absolute Gasteiger partial charge is 0.494 e. The smallest absolute Gasteiger partial charge is 0.414 e. The number of ether oxygens (including phenoxy) is 3. The quantitative estimate of drug-likeness (QED) is 0.497. The van der Waals surface area contributed by atoms with Crippen molar-refractivity contribution >= 4 is 17.9 Å². The molecule has 166 valence electrons. The highest BCUT2D eigenvalue weighted by Crippen LogP contribution is 2.35. The molecule has 1 heterocycles. The summed E-state index contributed by atoms with van der Waals surface area (Å²) in [4.78, 5) is 36.4. The highest BCUT2D eigenvalue weighted by atomic mass is 16.5. The number of hydrogen-bond acceptors (Lipinski definition) is 6. The van der Waals surface area contributed by atoms with E-state index >= 15 is 0 Å². The Hall–Kier alpha value is -2.81. The maximum atomic E-state index is 12.4. The van der Waals surface area contributed by atoms with Crippen molar-refractivity contribution in [1.82, 2.24) is 10.6 Å². The molecule has 9 heteroatoms. The van der Waals surface area contributed by atoms with Crippen LogP contribution in [0.25, 0.3) is 0 Å². The van der Waals surface area contributed by atoms with Gasteiger partial charge < -0.3 is 24.4 Å². The molecule has 0 bridgehead atoms. The molecule has 0 aliphatic carbocycles. The lowest BCUT2D eigenvalue weighted by Gasteiger charge is -2.17. The number of likely N-dealkylation sites (N-methyl/N-ethyl adjacent to an activating group) is 1. The van der Waals surface area contributed by atoms with Crippen LogP contribution in [0.5, 0.6) is 11.5 Å². The van der Waals surface area contributed by atoms with E-state index in [2.05, 4.69) is 15.4 Å². The van der Waals surface area contributed by atoms with Crippen molar-refractivity contribution in [2.75, 3.05) is 32.8 Å². The van der Waals surface area contributed by atoms with E-state index < -0.39 is 12.0 Å². The zero-order valence-corrected chi connectivity index (χ0v) is 18.1. The molecule has 0 saturated carbocycles. The highest BCUT2D eigenvalue weighted by molar-refractivity contribution is 5.92. The molecule has 1 unspecified atom stereocenters. The fourth-order valence-corrected chi connectivity index (χ4v) is 3.26. The van der Waals surface area contributed by atoms with Gasteiger partial charge in [-0.2, -0.15) is 0 Å². The van der Waals surface area contributed by atoms with E-state index in [4.69, 9.17) is 9.47 Å². The predicted molar refractivity (Wildman–Crippen MR) is 110 cm³/mol. The Balaban J connectivity index is 1.91. The van der Waals surface area contributed by atoms with E-state index in [9.17, 15) is 14.4 Å². The third kappa shape index (κ3) is 6.91. The van der Waals surface area contributed by atoms with Crippen LogP contribution in [-0.2, 0) is 27.3 Å². The van der Waals surface area contributed by atoms with E-state index in [-0.39, 0.29) is 31.7 Å². The summed E-state index contributed by atoms with van der Waals surface area (Å²) in [6.07, 6.45) is 0.186. The van der Waals surface area contributed by atoms with Gasteiger partial charge in [-0.25, -0.2) is 4.79 Å². The molecule has 1 aromatic rings. The van der Waals surface area contributed by atoms with Crippen molar-refractivity contribution < 1.29 is 33.5 Å². The van der Waals surface area contributed by atoms with Gasteiger partial charge in [0.2, 0.25) is 0 Å². The van der Waals surface area contributed by atoms with Crippen LogP contribution < -0.4 is 25.0 Å². The van der Waals surface area contributed by atoms with E-state index in [1.54, 1.807) is 6.92 Å². The molecule has 2 atom stereocenters. The molecule has 1 aliphatic rings. The molecule has 0 spiro atoms. The van der Waals surface area contributed by atoms with Gasteiger partial charge in [-0.05, 0) is 39.8 Å². The van der Waals surface area contributed by atoms with Crippen LogP contribution in [0.2, 0.25) is 0 Å². The molecule has 2 rings (SSSR count). The van der Waals surface area contributed by atoms with Crippen LogP contribution in [0.15, 0.2) is 12.1 Å².